The lowest BCUT2D eigenvalue weighted by Crippen LogP contribution is -2.32. The maximum atomic E-state index is 14.4. The predicted octanol–water partition coefficient (Wildman–Crippen LogP) is -0.342. The molecule has 3 saturated heterocycles. The van der Waals surface area contributed by atoms with Crippen LogP contribution in [0.25, 0.3) is 22.3 Å². The number of nitrogen functional groups attached to an aromatic ring is 2. The molecule has 44 heavy (non-hydrogen) atoms. The van der Waals surface area contributed by atoms with Gasteiger partial charge in [-0.15, -0.1) is 0 Å². The summed E-state index contributed by atoms with van der Waals surface area (Å²) in [6, 6.07) is 0. The van der Waals surface area contributed by atoms with E-state index in [1.165, 1.54) is 23.5 Å². The number of hydrogen-bond acceptors (Lipinski definition) is 15. The van der Waals surface area contributed by atoms with E-state index in [-0.39, 0.29) is 42.4 Å². The maximum absolute atomic E-state index is 14.4. The number of imidazole rings is 2. The molecule has 7 heterocycles. The molecule has 0 spiro atoms. The Kier molecular flexibility index (Phi) is 7.58. The van der Waals surface area contributed by atoms with Crippen molar-refractivity contribution in [2.75, 3.05) is 37.8 Å². The molecular weight excluding hydrogens is 601 g/mol. The molecule has 0 bridgehead atoms. The van der Waals surface area contributed by atoms with E-state index in [9.17, 15) is 19.6 Å². The van der Waals surface area contributed by atoms with E-state index in [0.717, 1.165) is 12.8 Å². The van der Waals surface area contributed by atoms with Crippen LogP contribution < -0.4 is 17.0 Å². The number of fused-ring (bicyclic) bond motifs is 2. The van der Waals surface area contributed by atoms with E-state index in [1.54, 1.807) is 9.24 Å². The number of aliphatic hydroxyl groups is 2. The van der Waals surface area contributed by atoms with Crippen molar-refractivity contribution in [3.05, 3.63) is 29.3 Å². The van der Waals surface area contributed by atoms with E-state index in [0.29, 0.717) is 24.3 Å². The molecule has 3 fully saturated rings. The van der Waals surface area contributed by atoms with Gasteiger partial charge in [-0.2, -0.15) is 4.98 Å². The Labute approximate surface area is 248 Å². The highest BCUT2D eigenvalue weighted by Crippen LogP contribution is 2.57. The third-order valence-corrected chi connectivity index (χ3v) is 10.2. The van der Waals surface area contributed by atoms with Crippen LogP contribution in [0.2, 0.25) is 0 Å². The molecule has 0 saturated carbocycles. The van der Waals surface area contributed by atoms with Gasteiger partial charge in [0.25, 0.3) is 5.56 Å². The smallest absolute Gasteiger partial charge is 0.394 e. The molecule has 20 heteroatoms. The van der Waals surface area contributed by atoms with E-state index in [2.05, 4.69) is 29.9 Å². The van der Waals surface area contributed by atoms with Crippen molar-refractivity contribution in [2.45, 2.75) is 62.6 Å². The number of rotatable bonds is 9. The van der Waals surface area contributed by atoms with Crippen LogP contribution in [0.3, 0.4) is 0 Å². The summed E-state index contributed by atoms with van der Waals surface area (Å²) in [4.78, 5) is 35.4. The zero-order valence-electron chi connectivity index (χ0n) is 23.4. The van der Waals surface area contributed by atoms with Gasteiger partial charge in [-0.25, -0.2) is 29.2 Å². The Morgan fingerprint density at radius 3 is 2.48 bits per heavy atom. The first kappa shape index (κ1) is 29.2. The molecule has 3 aliphatic heterocycles. The van der Waals surface area contributed by atoms with Gasteiger partial charge < -0.3 is 31.2 Å². The average Bonchev–Trinajstić information content (AvgIpc) is 3.82. The Balaban J connectivity index is 1.08. The standard InChI is InChI=1S/C24H32N11O8P/c25-20-18-21(28-9-27-20)34(10-29-18)16-5-12(37)15(42-16)8-40-44(39,33-3-1-2-4-33)43-13-6-17(41-14(13)7-36)35-11-30-19-22(35)31-24(26)32-23(19)38/h9-17,36-37H,1-8H2,(H2,25,27,28)(H3,26,31,32,38)/t12-,13-,14+,15+,16+,17+,44?/m0/s1. The van der Waals surface area contributed by atoms with Crippen LogP contribution in [0.1, 0.15) is 38.1 Å². The van der Waals surface area contributed by atoms with Crippen LogP contribution in [0.5, 0.6) is 0 Å². The lowest BCUT2D eigenvalue weighted by atomic mass is 10.2. The van der Waals surface area contributed by atoms with E-state index < -0.39 is 56.8 Å². The second-order valence-electron chi connectivity index (χ2n) is 10.9. The molecule has 7 atom stereocenters. The second kappa shape index (κ2) is 11.4. The molecule has 7 N–H and O–H groups in total. The molecule has 0 aromatic carbocycles. The molecule has 236 valence electrons. The zero-order valence-corrected chi connectivity index (χ0v) is 24.3. The molecule has 1 unspecified atom stereocenters. The Hall–Kier alpha value is -3.55. The van der Waals surface area contributed by atoms with Crippen molar-refractivity contribution < 1.29 is 33.3 Å². The predicted molar refractivity (Wildman–Crippen MR) is 152 cm³/mol. The van der Waals surface area contributed by atoms with E-state index in [1.807, 2.05) is 0 Å². The fraction of sp³-hybridized carbons (Fsp3) is 0.583. The van der Waals surface area contributed by atoms with E-state index in [4.69, 9.17) is 30.0 Å². The van der Waals surface area contributed by atoms with E-state index >= 15 is 0 Å². The first-order chi connectivity index (χ1) is 21.2. The maximum Gasteiger partial charge on any atom is 0.408 e. The summed E-state index contributed by atoms with van der Waals surface area (Å²) >= 11 is 0. The first-order valence-electron chi connectivity index (χ1n) is 14.2. The Bertz CT molecular complexity index is 1770. The van der Waals surface area contributed by atoms with Gasteiger partial charge >= 0.3 is 7.75 Å². The molecular formula is C24H32N11O8P. The summed E-state index contributed by atoms with van der Waals surface area (Å²) in [5.41, 5.74) is 12.3. The Morgan fingerprint density at radius 1 is 1.00 bits per heavy atom. The van der Waals surface area contributed by atoms with Gasteiger partial charge in [0, 0.05) is 25.9 Å². The quantitative estimate of drug-likeness (QED) is 0.148. The number of anilines is 2. The normalized spacial score (nSPS) is 29.2. The largest absolute Gasteiger partial charge is 0.408 e. The summed E-state index contributed by atoms with van der Waals surface area (Å²) in [7, 11) is -3.96. The third-order valence-electron chi connectivity index (χ3n) is 8.12. The SMILES string of the molecule is Nc1nc2c(ncn2[C@H]2C[C@H](OP(=O)(OC[C@H]3O[C@@H](n4cnc5c(N)ncnc54)C[C@@H]3O)N3CCCC3)[C@@H](CO)O2)c(=O)[nH]1. The monoisotopic (exact) mass is 633 g/mol. The average molecular weight is 634 g/mol. The number of nitrogens with zero attached hydrogens (tertiary/aromatic N) is 8. The van der Waals surface area contributed by atoms with Crippen molar-refractivity contribution in [3.8, 4) is 0 Å². The number of aliphatic hydroxyl groups excluding tert-OH is 2. The number of ether oxygens (including phenoxy) is 2. The van der Waals surface area contributed by atoms with Gasteiger partial charge in [0.1, 0.15) is 42.6 Å². The van der Waals surface area contributed by atoms with Gasteiger partial charge in [0.15, 0.2) is 22.6 Å². The molecule has 0 amide bonds. The molecule has 19 nitrogen and oxygen atoms in total. The van der Waals surface area contributed by atoms with Gasteiger partial charge in [-0.05, 0) is 12.8 Å². The lowest BCUT2D eigenvalue weighted by molar-refractivity contribution is -0.0534. The van der Waals surface area contributed by atoms with Crippen molar-refractivity contribution >= 4 is 41.8 Å². The van der Waals surface area contributed by atoms with Crippen LogP contribution in [-0.4, -0.2) is 105 Å². The van der Waals surface area contributed by atoms with Gasteiger partial charge in [0.05, 0.1) is 32.0 Å². The minimum absolute atomic E-state index is 0.0758. The number of nitrogens with two attached hydrogens (primary N) is 2. The minimum atomic E-state index is -3.96. The fourth-order valence-corrected chi connectivity index (χ4v) is 7.91. The molecule has 0 radical (unpaired) electrons. The summed E-state index contributed by atoms with van der Waals surface area (Å²) in [5, 5.41) is 21.0. The van der Waals surface area contributed by atoms with Crippen LogP contribution in [0, 0.1) is 0 Å². The number of hydrogen-bond donors (Lipinski definition) is 5. The molecule has 4 aromatic rings. The summed E-state index contributed by atoms with van der Waals surface area (Å²) in [6.45, 7) is 0.307. The lowest BCUT2D eigenvalue weighted by Gasteiger charge is -2.30. The van der Waals surface area contributed by atoms with Crippen LogP contribution in [0.15, 0.2) is 23.8 Å². The Morgan fingerprint density at radius 2 is 1.70 bits per heavy atom. The van der Waals surface area contributed by atoms with Crippen LogP contribution in [0.4, 0.5) is 11.8 Å². The molecule has 3 aliphatic rings. The van der Waals surface area contributed by atoms with Crippen molar-refractivity contribution in [1.29, 1.82) is 0 Å². The second-order valence-corrected chi connectivity index (χ2v) is 12.9. The van der Waals surface area contributed by atoms with Crippen LogP contribution >= 0.6 is 7.75 Å². The summed E-state index contributed by atoms with van der Waals surface area (Å²) in [6.07, 6.45) is 1.35. The minimum Gasteiger partial charge on any atom is -0.394 e. The highest BCUT2D eigenvalue weighted by atomic mass is 31.2. The number of aromatic amines is 1. The summed E-state index contributed by atoms with van der Waals surface area (Å²) < 4.78 is 43.5. The van der Waals surface area contributed by atoms with Crippen molar-refractivity contribution in [1.82, 2.24) is 43.7 Å². The zero-order chi connectivity index (χ0) is 30.6. The number of nitrogens with one attached hydrogen (secondary N) is 1. The topological polar surface area (TPSA) is 257 Å². The van der Waals surface area contributed by atoms with Crippen molar-refractivity contribution in [2.24, 2.45) is 0 Å². The van der Waals surface area contributed by atoms with Gasteiger partial charge in [0.2, 0.25) is 5.95 Å². The molecule has 0 aliphatic carbocycles. The molecule has 4 aromatic heterocycles. The molecule has 7 rings (SSSR count). The van der Waals surface area contributed by atoms with Gasteiger partial charge in [-0.3, -0.25) is 28.0 Å². The van der Waals surface area contributed by atoms with Crippen molar-refractivity contribution in [3.63, 3.8) is 0 Å². The van der Waals surface area contributed by atoms with Crippen LogP contribution in [-0.2, 0) is 23.1 Å². The number of H-pyrrole nitrogens is 1. The third kappa shape index (κ3) is 5.14. The highest BCUT2D eigenvalue weighted by Gasteiger charge is 2.47. The highest BCUT2D eigenvalue weighted by molar-refractivity contribution is 7.51. The number of aromatic nitrogens is 8. The fourth-order valence-electron chi connectivity index (χ4n) is 5.88. The van der Waals surface area contributed by atoms with Gasteiger partial charge in [-0.1, -0.05) is 0 Å². The summed E-state index contributed by atoms with van der Waals surface area (Å²) in [5.74, 6) is 0.142. The first-order valence-corrected chi connectivity index (χ1v) is 15.7.